The normalized spacial score (nSPS) is 11.1. The van der Waals surface area contributed by atoms with Crippen LogP contribution in [0.15, 0.2) is 59.0 Å². The molecule has 0 aliphatic heterocycles. The van der Waals surface area contributed by atoms with Crippen molar-refractivity contribution < 1.29 is 9.21 Å². The molecule has 0 atom stereocenters. The standard InChI is InChI=1S/C20H21NO2/c1-14(2)21(13-16-9-5-4-6-10-16)20(22)19-15(3)17-11-7-8-12-18(17)23-19/h4-12,14H,13H2,1-3H3. The summed E-state index contributed by atoms with van der Waals surface area (Å²) in [7, 11) is 0. The molecule has 0 aliphatic rings. The summed E-state index contributed by atoms with van der Waals surface area (Å²) < 4.78 is 5.84. The summed E-state index contributed by atoms with van der Waals surface area (Å²) >= 11 is 0. The van der Waals surface area contributed by atoms with Gasteiger partial charge in [0.15, 0.2) is 5.76 Å². The van der Waals surface area contributed by atoms with Crippen LogP contribution >= 0.6 is 0 Å². The second-order valence-corrected chi connectivity index (χ2v) is 6.06. The molecule has 0 fully saturated rings. The molecule has 3 nitrogen and oxygen atoms in total. The molecule has 0 radical (unpaired) electrons. The van der Waals surface area contributed by atoms with Crippen LogP contribution in [-0.2, 0) is 6.54 Å². The van der Waals surface area contributed by atoms with Gasteiger partial charge in [0.25, 0.3) is 5.91 Å². The third-order valence-corrected chi connectivity index (χ3v) is 4.12. The van der Waals surface area contributed by atoms with Crippen molar-refractivity contribution in [3.05, 3.63) is 71.5 Å². The van der Waals surface area contributed by atoms with E-state index in [1.54, 1.807) is 0 Å². The molecule has 3 rings (SSSR count). The minimum absolute atomic E-state index is 0.0578. The maximum atomic E-state index is 13.0. The number of para-hydroxylation sites is 1. The topological polar surface area (TPSA) is 33.5 Å². The molecule has 0 bridgehead atoms. The molecule has 0 unspecified atom stereocenters. The molecule has 0 saturated carbocycles. The van der Waals surface area contributed by atoms with Gasteiger partial charge in [0.2, 0.25) is 0 Å². The fraction of sp³-hybridized carbons (Fsp3) is 0.250. The van der Waals surface area contributed by atoms with Crippen LogP contribution in [0.25, 0.3) is 11.0 Å². The van der Waals surface area contributed by atoms with E-state index in [-0.39, 0.29) is 11.9 Å². The lowest BCUT2D eigenvalue weighted by atomic mass is 10.1. The number of fused-ring (bicyclic) bond motifs is 1. The minimum Gasteiger partial charge on any atom is -0.451 e. The number of aryl methyl sites for hydroxylation is 1. The number of benzene rings is 2. The number of hydrogen-bond acceptors (Lipinski definition) is 2. The van der Waals surface area contributed by atoms with Crippen LogP contribution in [0.2, 0.25) is 0 Å². The smallest absolute Gasteiger partial charge is 0.290 e. The molecule has 2 aromatic carbocycles. The quantitative estimate of drug-likeness (QED) is 0.694. The molecule has 1 heterocycles. The summed E-state index contributed by atoms with van der Waals surface area (Å²) in [5.41, 5.74) is 2.78. The van der Waals surface area contributed by atoms with Crippen molar-refractivity contribution in [3.8, 4) is 0 Å². The zero-order valence-electron chi connectivity index (χ0n) is 13.7. The number of carbonyl (C=O) groups is 1. The summed E-state index contributed by atoms with van der Waals surface area (Å²) in [6, 6.07) is 17.9. The van der Waals surface area contributed by atoms with Gasteiger partial charge in [-0.1, -0.05) is 48.5 Å². The molecule has 0 spiro atoms. The van der Waals surface area contributed by atoms with Gasteiger partial charge in [0.05, 0.1) is 0 Å². The van der Waals surface area contributed by atoms with Gasteiger partial charge in [-0.15, -0.1) is 0 Å². The van der Waals surface area contributed by atoms with E-state index in [1.807, 2.05) is 80.3 Å². The van der Waals surface area contributed by atoms with Gasteiger partial charge in [-0.05, 0) is 32.4 Å². The second kappa shape index (κ2) is 6.29. The first-order chi connectivity index (χ1) is 11.1. The van der Waals surface area contributed by atoms with Crippen molar-refractivity contribution >= 4 is 16.9 Å². The van der Waals surface area contributed by atoms with E-state index in [1.165, 1.54) is 0 Å². The van der Waals surface area contributed by atoms with E-state index in [0.29, 0.717) is 12.3 Å². The largest absolute Gasteiger partial charge is 0.451 e. The van der Waals surface area contributed by atoms with Crippen LogP contribution in [0.1, 0.15) is 35.5 Å². The molecule has 0 N–H and O–H groups in total. The van der Waals surface area contributed by atoms with Crippen LogP contribution in [0.3, 0.4) is 0 Å². The van der Waals surface area contributed by atoms with Gasteiger partial charge in [-0.2, -0.15) is 0 Å². The van der Waals surface area contributed by atoms with Crippen molar-refractivity contribution in [3.63, 3.8) is 0 Å². The van der Waals surface area contributed by atoms with Crippen LogP contribution in [-0.4, -0.2) is 16.8 Å². The number of hydrogen-bond donors (Lipinski definition) is 0. The van der Waals surface area contributed by atoms with Gasteiger partial charge in [0, 0.05) is 23.5 Å². The number of furan rings is 1. The highest BCUT2D eigenvalue weighted by Gasteiger charge is 2.25. The van der Waals surface area contributed by atoms with E-state index in [4.69, 9.17) is 4.42 Å². The maximum Gasteiger partial charge on any atom is 0.290 e. The molecule has 118 valence electrons. The first-order valence-corrected chi connectivity index (χ1v) is 7.91. The molecule has 3 aromatic rings. The van der Waals surface area contributed by atoms with E-state index in [0.717, 1.165) is 22.1 Å². The maximum absolute atomic E-state index is 13.0. The zero-order chi connectivity index (χ0) is 16.4. The number of amides is 1. The highest BCUT2D eigenvalue weighted by atomic mass is 16.3. The van der Waals surface area contributed by atoms with Crippen molar-refractivity contribution in [1.29, 1.82) is 0 Å². The van der Waals surface area contributed by atoms with E-state index in [2.05, 4.69) is 0 Å². The predicted octanol–water partition coefficient (Wildman–Crippen LogP) is 4.79. The fourth-order valence-electron chi connectivity index (χ4n) is 2.78. The minimum atomic E-state index is -0.0578. The highest BCUT2D eigenvalue weighted by Crippen LogP contribution is 2.27. The Labute approximate surface area is 136 Å². The molecule has 0 aliphatic carbocycles. The summed E-state index contributed by atoms with van der Waals surface area (Å²) in [6.07, 6.45) is 0. The van der Waals surface area contributed by atoms with E-state index >= 15 is 0 Å². The summed E-state index contributed by atoms with van der Waals surface area (Å²) in [4.78, 5) is 14.9. The van der Waals surface area contributed by atoms with Gasteiger partial charge in [-0.25, -0.2) is 0 Å². The molecule has 1 amide bonds. The fourth-order valence-corrected chi connectivity index (χ4v) is 2.78. The Morgan fingerprint density at radius 2 is 1.70 bits per heavy atom. The molecule has 1 aromatic heterocycles. The van der Waals surface area contributed by atoms with E-state index < -0.39 is 0 Å². The Hall–Kier alpha value is -2.55. The van der Waals surface area contributed by atoms with Crippen LogP contribution in [0.5, 0.6) is 0 Å². The lowest BCUT2D eigenvalue weighted by Gasteiger charge is -2.26. The Morgan fingerprint density at radius 1 is 1.04 bits per heavy atom. The average molecular weight is 307 g/mol. The van der Waals surface area contributed by atoms with Crippen LogP contribution < -0.4 is 0 Å². The van der Waals surface area contributed by atoms with Crippen molar-refractivity contribution in [1.82, 2.24) is 4.90 Å². The van der Waals surface area contributed by atoms with Crippen molar-refractivity contribution in [2.75, 3.05) is 0 Å². The third-order valence-electron chi connectivity index (χ3n) is 4.12. The van der Waals surface area contributed by atoms with Crippen molar-refractivity contribution in [2.24, 2.45) is 0 Å². The number of rotatable bonds is 4. The molecule has 23 heavy (non-hydrogen) atoms. The van der Waals surface area contributed by atoms with Crippen LogP contribution in [0.4, 0.5) is 0 Å². The Morgan fingerprint density at radius 3 is 2.35 bits per heavy atom. The van der Waals surface area contributed by atoms with Gasteiger partial charge in [-0.3, -0.25) is 4.79 Å². The Bertz CT molecular complexity index is 818. The first-order valence-electron chi connectivity index (χ1n) is 7.91. The zero-order valence-corrected chi connectivity index (χ0v) is 13.7. The summed E-state index contributed by atoms with van der Waals surface area (Å²) in [5.74, 6) is 0.383. The number of nitrogens with zero attached hydrogens (tertiary/aromatic N) is 1. The monoisotopic (exact) mass is 307 g/mol. The van der Waals surface area contributed by atoms with Gasteiger partial charge in [0.1, 0.15) is 5.58 Å². The first kappa shape index (κ1) is 15.3. The molecular formula is C20H21NO2. The van der Waals surface area contributed by atoms with E-state index in [9.17, 15) is 4.79 Å². The molecular weight excluding hydrogens is 286 g/mol. The lowest BCUT2D eigenvalue weighted by Crippen LogP contribution is -2.36. The summed E-state index contributed by atoms with van der Waals surface area (Å²) in [5, 5.41) is 0.999. The van der Waals surface area contributed by atoms with Crippen LogP contribution in [0, 0.1) is 6.92 Å². The Balaban J connectivity index is 1.95. The molecule has 0 saturated heterocycles. The Kier molecular flexibility index (Phi) is 4.20. The third kappa shape index (κ3) is 3.00. The van der Waals surface area contributed by atoms with Gasteiger partial charge < -0.3 is 9.32 Å². The molecule has 3 heteroatoms. The number of carbonyl (C=O) groups excluding carboxylic acids is 1. The highest BCUT2D eigenvalue weighted by molar-refractivity contribution is 5.99. The average Bonchev–Trinajstić information content (AvgIpc) is 2.90. The van der Waals surface area contributed by atoms with Crippen molar-refractivity contribution in [2.45, 2.75) is 33.4 Å². The lowest BCUT2D eigenvalue weighted by molar-refractivity contribution is 0.0659. The van der Waals surface area contributed by atoms with Gasteiger partial charge >= 0.3 is 0 Å². The predicted molar refractivity (Wildman–Crippen MR) is 92.4 cm³/mol. The second-order valence-electron chi connectivity index (χ2n) is 6.06. The SMILES string of the molecule is Cc1c(C(=O)N(Cc2ccccc2)C(C)C)oc2ccccc12. The summed E-state index contributed by atoms with van der Waals surface area (Å²) in [6.45, 7) is 6.57.